The smallest absolute Gasteiger partial charge is 0.272 e. The molecule has 0 fully saturated rings. The van der Waals surface area contributed by atoms with E-state index in [0.29, 0.717) is 12.6 Å². The highest BCUT2D eigenvalue weighted by atomic mass is 19.3. The summed E-state index contributed by atoms with van der Waals surface area (Å²) in [5.41, 5.74) is 0.966. The highest BCUT2D eigenvalue weighted by Crippen LogP contribution is 2.10. The predicted octanol–water partition coefficient (Wildman–Crippen LogP) is 2.22. The fourth-order valence-electron chi connectivity index (χ4n) is 1.11. The van der Waals surface area contributed by atoms with Gasteiger partial charge in [0.15, 0.2) is 6.61 Å². The lowest BCUT2D eigenvalue weighted by Crippen LogP contribution is -2.21. The summed E-state index contributed by atoms with van der Waals surface area (Å²) in [4.78, 5) is 3.86. The van der Waals surface area contributed by atoms with Crippen LogP contribution < -0.4 is 10.1 Å². The van der Waals surface area contributed by atoms with Crippen molar-refractivity contribution in [1.29, 1.82) is 0 Å². The molecule has 0 aromatic carbocycles. The van der Waals surface area contributed by atoms with Crippen LogP contribution in [0.2, 0.25) is 0 Å². The molecule has 1 N–H and O–H groups in total. The first-order valence-corrected chi connectivity index (χ1v) is 5.17. The number of aromatic nitrogens is 1. The molecule has 0 radical (unpaired) electrons. The molecule has 0 unspecified atom stereocenters. The van der Waals surface area contributed by atoms with E-state index < -0.39 is 13.0 Å². The van der Waals surface area contributed by atoms with E-state index in [9.17, 15) is 8.78 Å². The highest BCUT2D eigenvalue weighted by molar-refractivity contribution is 5.20. The molecule has 0 aliphatic rings. The van der Waals surface area contributed by atoms with Crippen molar-refractivity contribution >= 4 is 0 Å². The topological polar surface area (TPSA) is 34.2 Å². The number of hydrogen-bond acceptors (Lipinski definition) is 3. The van der Waals surface area contributed by atoms with Crippen molar-refractivity contribution in [3.8, 4) is 5.88 Å². The minimum Gasteiger partial charge on any atom is -0.472 e. The van der Waals surface area contributed by atoms with E-state index in [0.717, 1.165) is 5.56 Å². The molecule has 0 bridgehead atoms. The summed E-state index contributed by atoms with van der Waals surface area (Å²) < 4.78 is 28.6. The van der Waals surface area contributed by atoms with E-state index in [1.165, 1.54) is 0 Å². The molecule has 1 aromatic heterocycles. The van der Waals surface area contributed by atoms with Crippen LogP contribution in [0.1, 0.15) is 19.4 Å². The van der Waals surface area contributed by atoms with E-state index >= 15 is 0 Å². The first-order chi connectivity index (χ1) is 7.58. The van der Waals surface area contributed by atoms with Gasteiger partial charge in [-0.3, -0.25) is 0 Å². The minimum atomic E-state index is -2.47. The molecule has 1 heterocycles. The van der Waals surface area contributed by atoms with Crippen molar-refractivity contribution in [2.45, 2.75) is 32.9 Å². The second-order valence-corrected chi connectivity index (χ2v) is 3.74. The van der Waals surface area contributed by atoms with Gasteiger partial charge in [-0.15, -0.1) is 0 Å². The number of nitrogens with zero attached hydrogens (tertiary/aromatic N) is 1. The van der Waals surface area contributed by atoms with Crippen molar-refractivity contribution in [3.05, 3.63) is 23.9 Å². The van der Waals surface area contributed by atoms with Gasteiger partial charge in [-0.2, -0.15) is 0 Å². The Kier molecular flexibility index (Phi) is 5.11. The lowest BCUT2D eigenvalue weighted by atomic mass is 10.2. The van der Waals surface area contributed by atoms with Gasteiger partial charge in [0.1, 0.15) is 0 Å². The lowest BCUT2D eigenvalue weighted by molar-refractivity contribution is 0.0795. The molecule has 16 heavy (non-hydrogen) atoms. The minimum absolute atomic E-state index is 0.239. The van der Waals surface area contributed by atoms with Crippen molar-refractivity contribution < 1.29 is 13.5 Å². The Morgan fingerprint density at radius 1 is 1.44 bits per heavy atom. The van der Waals surface area contributed by atoms with Gasteiger partial charge in [0, 0.05) is 24.8 Å². The van der Waals surface area contributed by atoms with Gasteiger partial charge in [0.25, 0.3) is 6.43 Å². The number of hydrogen-bond donors (Lipinski definition) is 1. The molecule has 5 heteroatoms. The maximum atomic E-state index is 11.9. The fraction of sp³-hybridized carbons (Fsp3) is 0.545. The number of ether oxygens (including phenoxy) is 1. The average molecular weight is 230 g/mol. The summed E-state index contributed by atoms with van der Waals surface area (Å²) in [5.74, 6) is 0.239. The Morgan fingerprint density at radius 2 is 2.19 bits per heavy atom. The van der Waals surface area contributed by atoms with Crippen LogP contribution in [-0.4, -0.2) is 24.1 Å². The number of rotatable bonds is 6. The number of alkyl halides is 2. The van der Waals surface area contributed by atoms with Crippen LogP contribution in [0.25, 0.3) is 0 Å². The van der Waals surface area contributed by atoms with Crippen LogP contribution in [0.5, 0.6) is 5.88 Å². The fourth-order valence-corrected chi connectivity index (χ4v) is 1.11. The molecule has 1 aromatic rings. The van der Waals surface area contributed by atoms with Gasteiger partial charge in [0.2, 0.25) is 5.88 Å². The largest absolute Gasteiger partial charge is 0.472 e. The van der Waals surface area contributed by atoms with Gasteiger partial charge in [0.05, 0.1) is 0 Å². The molecule has 1 rings (SSSR count). The first kappa shape index (κ1) is 12.8. The lowest BCUT2D eigenvalue weighted by Gasteiger charge is -2.09. The summed E-state index contributed by atoms with van der Waals surface area (Å²) in [7, 11) is 0. The molecule has 0 atom stereocenters. The predicted molar refractivity (Wildman–Crippen MR) is 57.7 cm³/mol. The second kappa shape index (κ2) is 6.37. The Morgan fingerprint density at radius 3 is 2.81 bits per heavy atom. The molecule has 3 nitrogen and oxygen atoms in total. The standard InChI is InChI=1S/C11H16F2N2O/c1-8(2)15-6-9-3-4-14-11(5-9)16-7-10(12)13/h3-5,8,10,15H,6-7H2,1-2H3. The number of pyridine rings is 1. The zero-order valence-corrected chi connectivity index (χ0v) is 9.41. The zero-order valence-electron chi connectivity index (χ0n) is 9.41. The SMILES string of the molecule is CC(C)NCc1ccnc(OCC(F)F)c1. The third-order valence-corrected chi connectivity index (χ3v) is 1.87. The maximum Gasteiger partial charge on any atom is 0.272 e. The monoisotopic (exact) mass is 230 g/mol. The first-order valence-electron chi connectivity index (χ1n) is 5.17. The molecule has 0 saturated heterocycles. The van der Waals surface area contributed by atoms with Crippen LogP contribution in [0.4, 0.5) is 8.78 Å². The van der Waals surface area contributed by atoms with Gasteiger partial charge in [-0.05, 0) is 11.6 Å². The molecule has 0 aliphatic heterocycles. The van der Waals surface area contributed by atoms with Crippen molar-refractivity contribution in [3.63, 3.8) is 0 Å². The molecule has 0 amide bonds. The van der Waals surface area contributed by atoms with Gasteiger partial charge in [-0.25, -0.2) is 13.8 Å². The van der Waals surface area contributed by atoms with Crippen LogP contribution in [0, 0.1) is 0 Å². The highest BCUT2D eigenvalue weighted by Gasteiger charge is 2.05. The maximum absolute atomic E-state index is 11.9. The van der Waals surface area contributed by atoms with E-state index in [1.807, 2.05) is 19.9 Å². The Balaban J connectivity index is 2.50. The number of halogens is 2. The summed E-state index contributed by atoms with van der Waals surface area (Å²) in [6.45, 7) is 4.13. The molecular weight excluding hydrogens is 214 g/mol. The van der Waals surface area contributed by atoms with Crippen LogP contribution in [-0.2, 0) is 6.54 Å². The van der Waals surface area contributed by atoms with Gasteiger partial charge in [-0.1, -0.05) is 13.8 Å². The van der Waals surface area contributed by atoms with E-state index in [1.54, 1.807) is 12.3 Å². The van der Waals surface area contributed by atoms with Crippen LogP contribution in [0.3, 0.4) is 0 Å². The quantitative estimate of drug-likeness (QED) is 0.813. The third-order valence-electron chi connectivity index (χ3n) is 1.87. The van der Waals surface area contributed by atoms with Gasteiger partial charge < -0.3 is 10.1 Å². The Hall–Kier alpha value is -1.23. The summed E-state index contributed by atoms with van der Waals surface area (Å²) in [5, 5.41) is 3.22. The number of nitrogens with one attached hydrogen (secondary N) is 1. The summed E-state index contributed by atoms with van der Waals surface area (Å²) in [6.07, 6.45) is -0.919. The Bertz CT molecular complexity index is 291. The van der Waals surface area contributed by atoms with Crippen LogP contribution in [0.15, 0.2) is 18.3 Å². The van der Waals surface area contributed by atoms with Crippen molar-refractivity contribution in [2.75, 3.05) is 6.61 Å². The summed E-state index contributed by atoms with van der Waals surface area (Å²) in [6, 6.07) is 3.86. The molecule has 90 valence electrons. The normalized spacial score (nSPS) is 11.1. The molecule has 0 saturated carbocycles. The second-order valence-electron chi connectivity index (χ2n) is 3.74. The average Bonchev–Trinajstić information content (AvgIpc) is 2.24. The van der Waals surface area contributed by atoms with Crippen LogP contribution >= 0.6 is 0 Å². The molecule has 0 spiro atoms. The van der Waals surface area contributed by atoms with E-state index in [2.05, 4.69) is 10.3 Å². The van der Waals surface area contributed by atoms with Crippen molar-refractivity contribution in [2.24, 2.45) is 0 Å². The van der Waals surface area contributed by atoms with Gasteiger partial charge >= 0.3 is 0 Å². The van der Waals surface area contributed by atoms with E-state index in [4.69, 9.17) is 4.74 Å². The zero-order chi connectivity index (χ0) is 12.0. The Labute approximate surface area is 93.8 Å². The van der Waals surface area contributed by atoms with Crippen molar-refractivity contribution in [1.82, 2.24) is 10.3 Å². The third kappa shape index (κ3) is 5.02. The van der Waals surface area contributed by atoms with E-state index in [-0.39, 0.29) is 5.88 Å². The molecule has 0 aliphatic carbocycles. The molecular formula is C11H16F2N2O. The summed E-state index contributed by atoms with van der Waals surface area (Å²) >= 11 is 0.